The SMILES string of the molecule is CSCCCC(C#N)NCCCO. The maximum Gasteiger partial charge on any atom is 0.0953 e. The van der Waals surface area contributed by atoms with E-state index in [2.05, 4.69) is 17.6 Å². The molecule has 0 aliphatic carbocycles. The van der Waals surface area contributed by atoms with Crippen LogP contribution in [0.25, 0.3) is 0 Å². The third-order valence-electron chi connectivity index (χ3n) is 1.72. The zero-order chi connectivity index (χ0) is 9.94. The Bertz CT molecular complexity index is 137. The molecule has 0 saturated carbocycles. The minimum Gasteiger partial charge on any atom is -0.396 e. The zero-order valence-electron chi connectivity index (χ0n) is 8.12. The van der Waals surface area contributed by atoms with Crippen LogP contribution < -0.4 is 5.32 Å². The maximum atomic E-state index is 8.74. The normalized spacial score (nSPS) is 12.4. The summed E-state index contributed by atoms with van der Waals surface area (Å²) in [6.07, 6.45) is 4.77. The highest BCUT2D eigenvalue weighted by Gasteiger charge is 2.04. The second-order valence-corrected chi connectivity index (χ2v) is 3.83. The molecule has 0 aromatic carbocycles. The van der Waals surface area contributed by atoms with Crippen molar-refractivity contribution < 1.29 is 5.11 Å². The lowest BCUT2D eigenvalue weighted by Gasteiger charge is -2.09. The highest BCUT2D eigenvalue weighted by atomic mass is 32.2. The number of nitrogens with one attached hydrogen (secondary N) is 1. The molecule has 76 valence electrons. The van der Waals surface area contributed by atoms with Crippen molar-refractivity contribution in [3.05, 3.63) is 0 Å². The number of aliphatic hydroxyl groups excluding tert-OH is 1. The van der Waals surface area contributed by atoms with Crippen LogP contribution in [0.5, 0.6) is 0 Å². The molecule has 0 radical (unpaired) electrons. The van der Waals surface area contributed by atoms with Crippen molar-refractivity contribution >= 4 is 11.8 Å². The summed E-state index contributed by atoms with van der Waals surface area (Å²) in [6.45, 7) is 0.921. The summed E-state index contributed by atoms with van der Waals surface area (Å²) in [4.78, 5) is 0. The maximum absolute atomic E-state index is 8.74. The molecule has 4 heteroatoms. The highest BCUT2D eigenvalue weighted by molar-refractivity contribution is 7.98. The Kier molecular flexibility index (Phi) is 9.66. The van der Waals surface area contributed by atoms with Gasteiger partial charge in [-0.2, -0.15) is 17.0 Å². The molecular weight excluding hydrogens is 184 g/mol. The van der Waals surface area contributed by atoms with Gasteiger partial charge in [0.15, 0.2) is 0 Å². The van der Waals surface area contributed by atoms with Gasteiger partial charge in [-0.15, -0.1) is 0 Å². The Morgan fingerprint density at radius 1 is 1.54 bits per heavy atom. The van der Waals surface area contributed by atoms with Crippen molar-refractivity contribution in [2.45, 2.75) is 25.3 Å². The number of nitrogens with zero attached hydrogens (tertiary/aromatic N) is 1. The van der Waals surface area contributed by atoms with Gasteiger partial charge < -0.3 is 10.4 Å². The molecule has 1 unspecified atom stereocenters. The zero-order valence-corrected chi connectivity index (χ0v) is 8.94. The fraction of sp³-hybridized carbons (Fsp3) is 0.889. The molecule has 2 N–H and O–H groups in total. The topological polar surface area (TPSA) is 56.0 Å². The quantitative estimate of drug-likeness (QED) is 0.576. The van der Waals surface area contributed by atoms with Crippen molar-refractivity contribution in [1.29, 1.82) is 5.26 Å². The van der Waals surface area contributed by atoms with Crippen molar-refractivity contribution in [3.8, 4) is 6.07 Å². The molecule has 0 aliphatic rings. The molecule has 0 aromatic heterocycles. The molecule has 0 aromatic rings. The number of aliphatic hydroxyl groups is 1. The first-order valence-electron chi connectivity index (χ1n) is 4.58. The van der Waals surface area contributed by atoms with E-state index in [9.17, 15) is 0 Å². The lowest BCUT2D eigenvalue weighted by Crippen LogP contribution is -2.29. The lowest BCUT2D eigenvalue weighted by molar-refractivity contribution is 0.284. The minimum atomic E-state index is -0.0429. The smallest absolute Gasteiger partial charge is 0.0953 e. The van der Waals surface area contributed by atoms with Crippen LogP contribution >= 0.6 is 11.8 Å². The first-order chi connectivity index (χ1) is 6.35. The van der Waals surface area contributed by atoms with Crippen LogP contribution in [0.2, 0.25) is 0 Å². The second kappa shape index (κ2) is 9.85. The van der Waals surface area contributed by atoms with Crippen molar-refractivity contribution in [3.63, 3.8) is 0 Å². The standard InChI is InChI=1S/C9H18N2OS/c1-13-7-2-4-9(8-10)11-5-3-6-12/h9,11-12H,2-7H2,1H3. The van der Waals surface area contributed by atoms with Crippen LogP contribution in [0, 0.1) is 11.3 Å². The van der Waals surface area contributed by atoms with Gasteiger partial charge >= 0.3 is 0 Å². The summed E-state index contributed by atoms with van der Waals surface area (Å²) in [6, 6.07) is 2.17. The minimum absolute atomic E-state index is 0.0429. The van der Waals surface area contributed by atoms with Crippen molar-refractivity contribution in [2.75, 3.05) is 25.2 Å². The summed E-state index contributed by atoms with van der Waals surface area (Å²) in [5.41, 5.74) is 0. The molecule has 0 saturated heterocycles. The van der Waals surface area contributed by atoms with E-state index in [1.54, 1.807) is 11.8 Å². The molecule has 0 rings (SSSR count). The van der Waals surface area contributed by atoms with Gasteiger partial charge in [0, 0.05) is 6.61 Å². The number of nitriles is 1. The Balaban J connectivity index is 3.36. The van der Waals surface area contributed by atoms with Crippen LogP contribution in [0.4, 0.5) is 0 Å². The molecule has 0 bridgehead atoms. The number of hydrogen-bond donors (Lipinski definition) is 2. The highest BCUT2D eigenvalue weighted by Crippen LogP contribution is 2.02. The summed E-state index contributed by atoms with van der Waals surface area (Å²) >= 11 is 1.81. The van der Waals surface area contributed by atoms with Gasteiger partial charge in [-0.1, -0.05) is 0 Å². The molecule has 0 aliphatic heterocycles. The average Bonchev–Trinajstić information content (AvgIpc) is 2.16. The van der Waals surface area contributed by atoms with E-state index in [0.717, 1.165) is 31.6 Å². The van der Waals surface area contributed by atoms with E-state index in [1.165, 1.54) is 0 Å². The third kappa shape index (κ3) is 8.10. The molecule has 0 heterocycles. The summed E-state index contributed by atoms with van der Waals surface area (Å²) in [5.74, 6) is 1.11. The summed E-state index contributed by atoms with van der Waals surface area (Å²) in [7, 11) is 0. The summed E-state index contributed by atoms with van der Waals surface area (Å²) < 4.78 is 0. The Labute approximate surface area is 84.5 Å². The predicted octanol–water partition coefficient (Wildman–Crippen LogP) is 0.994. The van der Waals surface area contributed by atoms with Gasteiger partial charge in [0.1, 0.15) is 0 Å². The molecule has 0 fully saturated rings. The van der Waals surface area contributed by atoms with E-state index in [1.807, 2.05) is 0 Å². The Morgan fingerprint density at radius 3 is 2.85 bits per heavy atom. The molecule has 13 heavy (non-hydrogen) atoms. The van der Waals surface area contributed by atoms with Gasteiger partial charge in [0.25, 0.3) is 0 Å². The van der Waals surface area contributed by atoms with Crippen molar-refractivity contribution in [2.24, 2.45) is 0 Å². The van der Waals surface area contributed by atoms with E-state index in [-0.39, 0.29) is 12.6 Å². The van der Waals surface area contributed by atoms with Gasteiger partial charge in [-0.05, 0) is 37.8 Å². The predicted molar refractivity (Wildman–Crippen MR) is 56.7 cm³/mol. The van der Waals surface area contributed by atoms with Crippen LogP contribution in [0.3, 0.4) is 0 Å². The van der Waals surface area contributed by atoms with E-state index in [0.29, 0.717) is 0 Å². The third-order valence-corrected chi connectivity index (χ3v) is 2.42. The van der Waals surface area contributed by atoms with Gasteiger partial charge in [0.05, 0.1) is 12.1 Å². The van der Waals surface area contributed by atoms with E-state index >= 15 is 0 Å². The molecule has 0 spiro atoms. The van der Waals surface area contributed by atoms with Gasteiger partial charge in [-0.3, -0.25) is 0 Å². The largest absolute Gasteiger partial charge is 0.396 e. The lowest BCUT2D eigenvalue weighted by atomic mass is 10.2. The molecular formula is C9H18N2OS. The Hall–Kier alpha value is -0.240. The van der Waals surface area contributed by atoms with Crippen LogP contribution in [-0.4, -0.2) is 36.3 Å². The van der Waals surface area contributed by atoms with E-state index < -0.39 is 0 Å². The number of hydrogen-bond acceptors (Lipinski definition) is 4. The monoisotopic (exact) mass is 202 g/mol. The fourth-order valence-corrected chi connectivity index (χ4v) is 1.45. The van der Waals surface area contributed by atoms with Crippen LogP contribution in [0.1, 0.15) is 19.3 Å². The van der Waals surface area contributed by atoms with Crippen LogP contribution in [0.15, 0.2) is 0 Å². The second-order valence-electron chi connectivity index (χ2n) is 2.85. The molecule has 1 atom stereocenters. The van der Waals surface area contributed by atoms with Crippen molar-refractivity contribution in [1.82, 2.24) is 5.32 Å². The first-order valence-corrected chi connectivity index (χ1v) is 5.97. The fourth-order valence-electron chi connectivity index (χ4n) is 0.999. The first kappa shape index (κ1) is 12.8. The number of thioether (sulfide) groups is 1. The number of rotatable bonds is 8. The Morgan fingerprint density at radius 2 is 2.31 bits per heavy atom. The van der Waals surface area contributed by atoms with Gasteiger partial charge in [0.2, 0.25) is 0 Å². The molecule has 3 nitrogen and oxygen atoms in total. The van der Waals surface area contributed by atoms with E-state index in [4.69, 9.17) is 10.4 Å². The van der Waals surface area contributed by atoms with Gasteiger partial charge in [-0.25, -0.2) is 0 Å². The summed E-state index contributed by atoms with van der Waals surface area (Å²) in [5, 5.41) is 20.4. The van der Waals surface area contributed by atoms with Crippen LogP contribution in [-0.2, 0) is 0 Å². The molecule has 0 amide bonds. The average molecular weight is 202 g/mol.